The highest BCUT2D eigenvalue weighted by atomic mass is 79.9. The van der Waals surface area contributed by atoms with Gasteiger partial charge in [0.15, 0.2) is 10.8 Å². The number of ether oxygens (including phenoxy) is 1. The Hall–Kier alpha value is -0.810. The second-order valence-electron chi connectivity index (χ2n) is 5.11. The molecule has 0 radical (unpaired) electrons. The van der Waals surface area contributed by atoms with Gasteiger partial charge in [-0.2, -0.15) is 0 Å². The Labute approximate surface area is 121 Å². The summed E-state index contributed by atoms with van der Waals surface area (Å²) in [6.07, 6.45) is 0. The number of fused-ring (bicyclic) bond motifs is 4. The summed E-state index contributed by atoms with van der Waals surface area (Å²) in [5, 5.41) is 4.15. The van der Waals surface area contributed by atoms with Gasteiger partial charge in [-0.15, -0.1) is 0 Å². The molecule has 1 aromatic carbocycles. The zero-order chi connectivity index (χ0) is 13.1. The molecule has 5 heteroatoms. The van der Waals surface area contributed by atoms with Crippen molar-refractivity contribution in [3.05, 3.63) is 28.2 Å². The summed E-state index contributed by atoms with van der Waals surface area (Å²) >= 11 is 8.91. The second-order valence-corrected chi connectivity index (χ2v) is 6.42. The van der Waals surface area contributed by atoms with Gasteiger partial charge in [0.1, 0.15) is 5.75 Å². The molecule has 1 fully saturated rings. The van der Waals surface area contributed by atoms with Crippen molar-refractivity contribution < 1.29 is 4.74 Å². The predicted molar refractivity (Wildman–Crippen MR) is 78.6 cm³/mol. The molecule has 0 aliphatic carbocycles. The van der Waals surface area contributed by atoms with Crippen molar-refractivity contribution in [3.63, 3.8) is 0 Å². The first kappa shape index (κ1) is 12.2. The van der Waals surface area contributed by atoms with Crippen LogP contribution in [-0.4, -0.2) is 22.8 Å². The molecule has 3 unspecified atom stereocenters. The van der Waals surface area contributed by atoms with Gasteiger partial charge >= 0.3 is 0 Å². The van der Waals surface area contributed by atoms with Crippen LogP contribution in [0.5, 0.6) is 5.75 Å². The summed E-state index contributed by atoms with van der Waals surface area (Å²) in [5.74, 6) is 1.25. The highest BCUT2D eigenvalue weighted by Gasteiger charge is 2.51. The third-order valence-corrected chi connectivity index (χ3v) is 5.10. The summed E-state index contributed by atoms with van der Waals surface area (Å²) in [7, 11) is 1.98. The summed E-state index contributed by atoms with van der Waals surface area (Å²) in [5.41, 5.74) is 0.790. The van der Waals surface area contributed by atoms with Crippen LogP contribution < -0.4 is 10.1 Å². The molecule has 2 heterocycles. The molecule has 0 aromatic heterocycles. The average Bonchev–Trinajstić information content (AvgIpc) is 2.33. The van der Waals surface area contributed by atoms with Crippen LogP contribution in [-0.2, 0) is 0 Å². The predicted octanol–water partition coefficient (Wildman–Crippen LogP) is 3.05. The van der Waals surface area contributed by atoms with E-state index in [9.17, 15) is 0 Å². The van der Waals surface area contributed by atoms with Gasteiger partial charge in [-0.3, -0.25) is 0 Å². The van der Waals surface area contributed by atoms with E-state index in [0.717, 1.165) is 15.3 Å². The van der Waals surface area contributed by atoms with E-state index in [1.807, 2.05) is 24.1 Å². The van der Waals surface area contributed by atoms with Gasteiger partial charge in [0.2, 0.25) is 0 Å². The molecule has 2 bridgehead atoms. The van der Waals surface area contributed by atoms with Gasteiger partial charge < -0.3 is 15.0 Å². The number of nitrogens with zero attached hydrogens (tertiary/aromatic N) is 1. The minimum atomic E-state index is -0.381. The van der Waals surface area contributed by atoms with Gasteiger partial charge in [-0.25, -0.2) is 0 Å². The van der Waals surface area contributed by atoms with Gasteiger partial charge in [-0.05, 0) is 37.3 Å². The fraction of sp³-hybridized carbons (Fsp3) is 0.462. The van der Waals surface area contributed by atoms with Crippen molar-refractivity contribution in [2.45, 2.75) is 25.6 Å². The van der Waals surface area contributed by atoms with Crippen LogP contribution in [0.25, 0.3) is 0 Å². The van der Waals surface area contributed by atoms with Crippen molar-refractivity contribution in [2.24, 2.45) is 5.92 Å². The number of halogens is 1. The number of nitrogens with one attached hydrogen (secondary N) is 1. The largest absolute Gasteiger partial charge is 0.467 e. The Bertz CT molecular complexity index is 536. The normalized spacial score (nSPS) is 33.6. The Morgan fingerprint density at radius 2 is 2.22 bits per heavy atom. The quantitative estimate of drug-likeness (QED) is 0.740. The van der Waals surface area contributed by atoms with Crippen molar-refractivity contribution >= 4 is 33.3 Å². The summed E-state index contributed by atoms with van der Waals surface area (Å²) in [4.78, 5) is 2.01. The molecule has 2 aliphatic rings. The molecule has 18 heavy (non-hydrogen) atoms. The van der Waals surface area contributed by atoms with E-state index in [1.165, 1.54) is 5.56 Å². The van der Waals surface area contributed by atoms with E-state index in [2.05, 4.69) is 41.2 Å². The Balaban J connectivity index is 2.17. The maximum absolute atomic E-state index is 6.22. The molecule has 1 aromatic rings. The number of benzene rings is 1. The van der Waals surface area contributed by atoms with Gasteiger partial charge in [0.25, 0.3) is 0 Å². The van der Waals surface area contributed by atoms with Crippen molar-refractivity contribution in [1.29, 1.82) is 0 Å². The third kappa shape index (κ3) is 1.50. The zero-order valence-electron chi connectivity index (χ0n) is 10.5. The molecule has 3 nitrogen and oxygen atoms in total. The molecule has 0 spiro atoms. The Kier molecular flexibility index (Phi) is 2.61. The lowest BCUT2D eigenvalue weighted by atomic mass is 9.81. The maximum Gasteiger partial charge on any atom is 0.186 e. The maximum atomic E-state index is 6.22. The lowest BCUT2D eigenvalue weighted by Crippen LogP contribution is -2.67. The van der Waals surface area contributed by atoms with Gasteiger partial charge in [-0.1, -0.05) is 22.9 Å². The molecular formula is C13H15BrN2OS. The van der Waals surface area contributed by atoms with E-state index in [-0.39, 0.29) is 11.8 Å². The minimum absolute atomic E-state index is 0.208. The molecule has 0 saturated carbocycles. The topological polar surface area (TPSA) is 24.5 Å². The van der Waals surface area contributed by atoms with E-state index >= 15 is 0 Å². The van der Waals surface area contributed by atoms with E-state index in [1.54, 1.807) is 0 Å². The Morgan fingerprint density at radius 1 is 1.50 bits per heavy atom. The van der Waals surface area contributed by atoms with Crippen LogP contribution in [0.1, 0.15) is 25.5 Å². The number of hydrogen-bond donors (Lipinski definition) is 1. The highest BCUT2D eigenvalue weighted by Crippen LogP contribution is 2.47. The van der Waals surface area contributed by atoms with Crippen LogP contribution in [0, 0.1) is 5.92 Å². The lowest BCUT2D eigenvalue weighted by Gasteiger charge is -2.55. The first-order valence-corrected chi connectivity index (χ1v) is 7.16. The third-order valence-electron chi connectivity index (χ3n) is 4.22. The highest BCUT2D eigenvalue weighted by molar-refractivity contribution is 9.10. The van der Waals surface area contributed by atoms with Crippen molar-refractivity contribution in [2.75, 3.05) is 7.05 Å². The van der Waals surface area contributed by atoms with Gasteiger partial charge in [0.05, 0.1) is 6.04 Å². The van der Waals surface area contributed by atoms with Crippen molar-refractivity contribution in [1.82, 2.24) is 10.2 Å². The molecule has 1 saturated heterocycles. The van der Waals surface area contributed by atoms with Crippen LogP contribution in [0.15, 0.2) is 22.7 Å². The lowest BCUT2D eigenvalue weighted by molar-refractivity contribution is -0.0998. The van der Waals surface area contributed by atoms with E-state index in [0.29, 0.717) is 5.92 Å². The summed E-state index contributed by atoms with van der Waals surface area (Å²) in [6, 6.07) is 6.34. The fourth-order valence-electron chi connectivity index (χ4n) is 2.76. The standard InChI is InChI=1S/C13H15BrN2OS/c1-7-11-9-6-8(14)4-5-10(9)17-13(7,2)16(3)12(18)15-11/h4-7,11H,1-3H3,(H,15,18). The summed E-state index contributed by atoms with van der Waals surface area (Å²) < 4.78 is 7.28. The first-order valence-electron chi connectivity index (χ1n) is 5.96. The zero-order valence-corrected chi connectivity index (χ0v) is 12.9. The van der Waals surface area contributed by atoms with Crippen LogP contribution in [0.4, 0.5) is 0 Å². The van der Waals surface area contributed by atoms with Gasteiger partial charge in [0, 0.05) is 23.0 Å². The average molecular weight is 327 g/mol. The molecule has 2 aliphatic heterocycles. The molecule has 3 atom stereocenters. The van der Waals surface area contributed by atoms with Crippen LogP contribution in [0.3, 0.4) is 0 Å². The number of rotatable bonds is 0. The van der Waals surface area contributed by atoms with Crippen molar-refractivity contribution in [3.8, 4) is 5.75 Å². The molecular weight excluding hydrogens is 312 g/mol. The summed E-state index contributed by atoms with van der Waals surface area (Å²) in [6.45, 7) is 4.29. The van der Waals surface area contributed by atoms with E-state index < -0.39 is 0 Å². The first-order chi connectivity index (χ1) is 8.43. The molecule has 0 amide bonds. The SMILES string of the molecule is CC1C2NC(=S)N(C)C1(C)Oc1ccc(Br)cc12. The number of hydrogen-bond acceptors (Lipinski definition) is 2. The smallest absolute Gasteiger partial charge is 0.186 e. The molecule has 3 rings (SSSR count). The molecule has 96 valence electrons. The number of thiocarbonyl (C=S) groups is 1. The Morgan fingerprint density at radius 3 is 2.94 bits per heavy atom. The monoisotopic (exact) mass is 326 g/mol. The molecule has 1 N–H and O–H groups in total. The van der Waals surface area contributed by atoms with Crippen LogP contribution >= 0.6 is 28.1 Å². The minimum Gasteiger partial charge on any atom is -0.467 e. The van der Waals surface area contributed by atoms with E-state index in [4.69, 9.17) is 17.0 Å². The second kappa shape index (κ2) is 3.84. The van der Waals surface area contributed by atoms with Crippen LogP contribution in [0.2, 0.25) is 0 Å². The fourth-order valence-corrected chi connectivity index (χ4v) is 3.44.